The van der Waals surface area contributed by atoms with E-state index in [1.807, 2.05) is 49.4 Å². The normalized spacial score (nSPS) is 15.2. The smallest absolute Gasteiger partial charge is 0.338 e. The summed E-state index contributed by atoms with van der Waals surface area (Å²) in [6.07, 6.45) is 3.18. The Morgan fingerprint density at radius 1 is 1.21 bits per heavy atom. The third-order valence-electron chi connectivity index (χ3n) is 6.27. The van der Waals surface area contributed by atoms with Gasteiger partial charge in [-0.05, 0) is 54.2 Å². The summed E-state index contributed by atoms with van der Waals surface area (Å²) in [6.45, 7) is 8.24. The molecule has 0 unspecified atom stereocenters. The summed E-state index contributed by atoms with van der Waals surface area (Å²) in [4.78, 5) is 32.5. The van der Waals surface area contributed by atoms with Crippen LogP contribution in [0.15, 0.2) is 69.6 Å². The summed E-state index contributed by atoms with van der Waals surface area (Å²) >= 11 is 1.29. The van der Waals surface area contributed by atoms with E-state index < -0.39 is 12.0 Å². The number of benzene rings is 2. The van der Waals surface area contributed by atoms with Gasteiger partial charge in [0.25, 0.3) is 5.56 Å². The van der Waals surface area contributed by atoms with Crippen LogP contribution in [0.25, 0.3) is 6.08 Å². The molecule has 1 atom stereocenters. The number of hydrogen-bond acceptors (Lipinski definition) is 7. The van der Waals surface area contributed by atoms with Crippen molar-refractivity contribution >= 4 is 23.4 Å². The van der Waals surface area contributed by atoms with Gasteiger partial charge in [-0.25, -0.2) is 9.79 Å². The molecule has 2 heterocycles. The van der Waals surface area contributed by atoms with Gasteiger partial charge in [-0.2, -0.15) is 5.26 Å². The summed E-state index contributed by atoms with van der Waals surface area (Å²) in [5.41, 5.74) is 3.62. The van der Waals surface area contributed by atoms with E-state index in [0.29, 0.717) is 38.7 Å². The third kappa shape index (κ3) is 5.63. The van der Waals surface area contributed by atoms with E-state index in [4.69, 9.17) is 19.7 Å². The van der Waals surface area contributed by atoms with Crippen molar-refractivity contribution in [2.45, 2.75) is 52.5 Å². The molecule has 0 amide bonds. The molecular weight excluding hydrogens is 498 g/mol. The van der Waals surface area contributed by atoms with Gasteiger partial charge in [0.15, 0.2) is 11.4 Å². The molecule has 8 heteroatoms. The van der Waals surface area contributed by atoms with Gasteiger partial charge in [0, 0.05) is 0 Å². The molecule has 0 radical (unpaired) electrons. The highest BCUT2D eigenvalue weighted by Gasteiger charge is 2.34. The molecular formula is C30H31N3O4S. The maximum Gasteiger partial charge on any atom is 0.338 e. The fourth-order valence-electron chi connectivity index (χ4n) is 4.46. The lowest BCUT2D eigenvalue weighted by Gasteiger charge is -2.26. The number of carbonyl (C=O) groups excluding carboxylic acids is 1. The number of nitrogens with zero attached hydrogens (tertiary/aromatic N) is 3. The largest absolute Gasteiger partial charge is 0.479 e. The predicted molar refractivity (Wildman–Crippen MR) is 148 cm³/mol. The Morgan fingerprint density at radius 3 is 2.63 bits per heavy atom. The molecule has 0 bridgehead atoms. The lowest BCUT2D eigenvalue weighted by atomic mass is 9.92. The second-order valence-corrected chi connectivity index (χ2v) is 10.3. The van der Waals surface area contributed by atoms with Crippen LogP contribution in [0.4, 0.5) is 0 Å². The van der Waals surface area contributed by atoms with Crippen molar-refractivity contribution in [1.82, 2.24) is 4.57 Å². The molecule has 0 aliphatic carbocycles. The molecule has 3 aromatic rings. The summed E-state index contributed by atoms with van der Waals surface area (Å²) in [7, 11) is 0. The molecule has 1 aliphatic rings. The predicted octanol–water partition coefficient (Wildman–Crippen LogP) is 4.60. The first-order valence-corrected chi connectivity index (χ1v) is 13.6. The van der Waals surface area contributed by atoms with Crippen LogP contribution in [-0.2, 0) is 9.53 Å². The van der Waals surface area contributed by atoms with Gasteiger partial charge in [0.1, 0.15) is 11.8 Å². The molecule has 4 rings (SSSR count). The number of esters is 1. The number of carbonyl (C=O) groups is 1. The van der Waals surface area contributed by atoms with Gasteiger partial charge >= 0.3 is 5.97 Å². The average molecular weight is 530 g/mol. The second kappa shape index (κ2) is 12.1. The maximum atomic E-state index is 13.9. The number of ether oxygens (including phenoxy) is 2. The van der Waals surface area contributed by atoms with Crippen molar-refractivity contribution in [3.8, 4) is 11.8 Å². The SMILES string of the molecule is CCCC1=C(C(=O)OCC)[C@@H](c2ccc(C(C)C)cc2)n2c(s/c(=C\c3cccc(OCC#N)c3)c2=O)=N1. The summed E-state index contributed by atoms with van der Waals surface area (Å²) in [5.74, 6) is 0.454. The van der Waals surface area contributed by atoms with Crippen molar-refractivity contribution in [3.63, 3.8) is 0 Å². The third-order valence-corrected chi connectivity index (χ3v) is 7.25. The van der Waals surface area contributed by atoms with Crippen molar-refractivity contribution in [2.75, 3.05) is 13.2 Å². The number of hydrogen-bond donors (Lipinski definition) is 0. The monoisotopic (exact) mass is 529 g/mol. The van der Waals surface area contributed by atoms with Crippen LogP contribution in [0, 0.1) is 11.3 Å². The zero-order valence-corrected chi connectivity index (χ0v) is 22.9. The lowest BCUT2D eigenvalue weighted by molar-refractivity contribution is -0.139. The zero-order valence-electron chi connectivity index (χ0n) is 22.1. The van der Waals surface area contributed by atoms with Gasteiger partial charge in [-0.3, -0.25) is 9.36 Å². The van der Waals surface area contributed by atoms with Gasteiger partial charge in [-0.1, -0.05) is 74.9 Å². The number of aromatic nitrogens is 1. The molecule has 38 heavy (non-hydrogen) atoms. The van der Waals surface area contributed by atoms with E-state index in [2.05, 4.69) is 13.8 Å². The quantitative estimate of drug-likeness (QED) is 0.378. The van der Waals surface area contributed by atoms with E-state index in [-0.39, 0.29) is 18.8 Å². The Hall–Kier alpha value is -3.96. The van der Waals surface area contributed by atoms with Crippen LogP contribution in [0.3, 0.4) is 0 Å². The number of allylic oxidation sites excluding steroid dienone is 1. The van der Waals surface area contributed by atoms with E-state index in [9.17, 15) is 9.59 Å². The van der Waals surface area contributed by atoms with Gasteiger partial charge in [0.2, 0.25) is 0 Å². The fraction of sp³-hybridized carbons (Fsp3) is 0.333. The van der Waals surface area contributed by atoms with Crippen LogP contribution >= 0.6 is 11.3 Å². The van der Waals surface area contributed by atoms with E-state index >= 15 is 0 Å². The summed E-state index contributed by atoms with van der Waals surface area (Å²) < 4.78 is 13.0. The topological polar surface area (TPSA) is 93.7 Å². The van der Waals surface area contributed by atoms with E-state index in [1.54, 1.807) is 29.7 Å². The van der Waals surface area contributed by atoms with Crippen LogP contribution in [0.1, 0.15) is 69.2 Å². The minimum Gasteiger partial charge on any atom is -0.479 e. The molecule has 0 saturated heterocycles. The maximum absolute atomic E-state index is 13.9. The van der Waals surface area contributed by atoms with Crippen molar-refractivity contribution in [1.29, 1.82) is 5.26 Å². The molecule has 1 aliphatic heterocycles. The van der Waals surface area contributed by atoms with E-state index in [0.717, 1.165) is 17.5 Å². The molecule has 1 aromatic heterocycles. The van der Waals surface area contributed by atoms with Crippen LogP contribution in [0.2, 0.25) is 0 Å². The van der Waals surface area contributed by atoms with Crippen molar-refractivity contribution in [2.24, 2.45) is 4.99 Å². The first-order chi connectivity index (χ1) is 18.4. The highest BCUT2D eigenvalue weighted by molar-refractivity contribution is 7.07. The first kappa shape index (κ1) is 27.1. The van der Waals surface area contributed by atoms with Gasteiger partial charge in [-0.15, -0.1) is 0 Å². The molecule has 0 fully saturated rings. The molecule has 2 aromatic carbocycles. The van der Waals surface area contributed by atoms with E-state index in [1.165, 1.54) is 16.9 Å². The number of nitriles is 1. The number of rotatable bonds is 9. The zero-order chi connectivity index (χ0) is 27.2. The van der Waals surface area contributed by atoms with Crippen molar-refractivity contribution < 1.29 is 14.3 Å². The molecule has 0 N–H and O–H groups in total. The summed E-state index contributed by atoms with van der Waals surface area (Å²) in [6, 6.07) is 16.6. The van der Waals surface area contributed by atoms with Gasteiger partial charge < -0.3 is 9.47 Å². The standard InChI is InChI=1S/C30H31N3O4S/c1-5-8-24-26(29(35)36-6-2)27(22-13-11-21(12-14-22)19(3)4)33-28(34)25(38-30(33)32-24)18-20-9-7-10-23(17-20)37-16-15-31/h7,9-14,17-19,27H,5-6,8,16H2,1-4H3/b25-18-/t27-/m1/s1. The molecule has 0 saturated carbocycles. The lowest BCUT2D eigenvalue weighted by Crippen LogP contribution is -2.40. The molecule has 7 nitrogen and oxygen atoms in total. The average Bonchev–Trinajstić information content (AvgIpc) is 3.21. The first-order valence-electron chi connectivity index (χ1n) is 12.8. The van der Waals surface area contributed by atoms with Crippen LogP contribution in [-0.4, -0.2) is 23.8 Å². The minimum atomic E-state index is -0.638. The minimum absolute atomic E-state index is 0.0575. The Kier molecular flexibility index (Phi) is 8.59. The van der Waals surface area contributed by atoms with Gasteiger partial charge in [0.05, 0.1) is 28.5 Å². The van der Waals surface area contributed by atoms with Crippen LogP contribution in [0.5, 0.6) is 5.75 Å². The van der Waals surface area contributed by atoms with Crippen molar-refractivity contribution in [3.05, 3.63) is 96.2 Å². The number of fused-ring (bicyclic) bond motifs is 1. The highest BCUT2D eigenvalue weighted by Crippen LogP contribution is 2.33. The Morgan fingerprint density at radius 2 is 1.97 bits per heavy atom. The summed E-state index contributed by atoms with van der Waals surface area (Å²) in [5, 5.41) is 8.80. The van der Waals surface area contributed by atoms with Crippen LogP contribution < -0.4 is 19.6 Å². The Balaban J connectivity index is 1.92. The number of thiazole rings is 1. The Bertz CT molecular complexity index is 1570. The second-order valence-electron chi connectivity index (χ2n) is 9.25. The molecule has 196 valence electrons. The fourth-order valence-corrected chi connectivity index (χ4v) is 5.48. The highest BCUT2D eigenvalue weighted by atomic mass is 32.1. The Labute approximate surface area is 226 Å². The molecule has 0 spiro atoms.